The van der Waals surface area contributed by atoms with Gasteiger partial charge in [-0.15, -0.1) is 0 Å². The van der Waals surface area contributed by atoms with Crippen molar-refractivity contribution in [3.05, 3.63) is 70.9 Å². The molecule has 2 heterocycles. The molecule has 0 aliphatic heterocycles. The first kappa shape index (κ1) is 20.5. The maximum Gasteiger partial charge on any atom is 0.293 e. The highest BCUT2D eigenvalue weighted by Gasteiger charge is 2.15. The number of amides is 1. The molecule has 0 saturated carbocycles. The fourth-order valence-corrected chi connectivity index (χ4v) is 3.09. The fraction of sp³-hybridized carbons (Fsp3) is 0.136. The highest BCUT2D eigenvalue weighted by molar-refractivity contribution is 6.32. The Morgan fingerprint density at radius 3 is 2.65 bits per heavy atom. The minimum absolute atomic E-state index is 0.188. The van der Waals surface area contributed by atoms with Gasteiger partial charge in [-0.3, -0.25) is 4.79 Å². The summed E-state index contributed by atoms with van der Waals surface area (Å²) >= 11 is 6.18. The number of benzene rings is 2. The number of ether oxygens (including phenoxy) is 2. The van der Waals surface area contributed by atoms with Gasteiger partial charge in [0.05, 0.1) is 5.02 Å². The van der Waals surface area contributed by atoms with E-state index in [0.29, 0.717) is 39.4 Å². The number of hydrogen-bond donors (Lipinski definition) is 1. The summed E-state index contributed by atoms with van der Waals surface area (Å²) < 4.78 is 22.1. The summed E-state index contributed by atoms with van der Waals surface area (Å²) in [4.78, 5) is 15.2. The van der Waals surface area contributed by atoms with E-state index in [9.17, 15) is 4.79 Å². The first-order valence-corrected chi connectivity index (χ1v) is 9.69. The summed E-state index contributed by atoms with van der Waals surface area (Å²) in [5.74, 6) is 2.22. The van der Waals surface area contributed by atoms with Gasteiger partial charge in [0, 0.05) is 5.56 Å². The van der Waals surface area contributed by atoms with E-state index in [0.717, 1.165) is 5.56 Å². The van der Waals surface area contributed by atoms with E-state index in [1.165, 1.54) is 0 Å². The quantitative estimate of drug-likeness (QED) is 0.432. The molecule has 9 heteroatoms. The Morgan fingerprint density at radius 1 is 1.10 bits per heavy atom. The molecule has 2 N–H and O–H groups in total. The molecule has 0 spiro atoms. The van der Waals surface area contributed by atoms with Crippen LogP contribution in [0.1, 0.15) is 11.3 Å². The molecule has 31 heavy (non-hydrogen) atoms. The van der Waals surface area contributed by atoms with Crippen LogP contribution in [0.4, 0.5) is 0 Å². The highest BCUT2D eigenvalue weighted by Crippen LogP contribution is 2.30. The molecule has 8 nitrogen and oxygen atoms in total. The molecule has 0 fully saturated rings. The van der Waals surface area contributed by atoms with Crippen LogP contribution in [0.15, 0.2) is 63.5 Å². The predicted octanol–water partition coefficient (Wildman–Crippen LogP) is 4.40. The second-order valence-electron chi connectivity index (χ2n) is 6.64. The first-order chi connectivity index (χ1) is 15.0. The van der Waals surface area contributed by atoms with Crippen molar-refractivity contribution in [1.29, 1.82) is 0 Å². The monoisotopic (exact) mass is 439 g/mol. The smallest absolute Gasteiger partial charge is 0.293 e. The lowest BCUT2D eigenvalue weighted by Gasteiger charge is -2.09. The van der Waals surface area contributed by atoms with Crippen molar-refractivity contribution in [2.45, 2.75) is 13.5 Å². The Kier molecular flexibility index (Phi) is 5.90. The number of primary amides is 1. The number of rotatable bonds is 8. The molecule has 0 saturated heterocycles. The van der Waals surface area contributed by atoms with Crippen LogP contribution in [0, 0.1) is 6.92 Å². The largest absolute Gasteiger partial charge is 0.484 e. The number of aromatic nitrogens is 2. The zero-order valence-electron chi connectivity index (χ0n) is 16.5. The summed E-state index contributed by atoms with van der Waals surface area (Å²) in [6.07, 6.45) is 0. The van der Waals surface area contributed by atoms with Gasteiger partial charge in [-0.1, -0.05) is 28.9 Å². The number of carbonyl (C=O) groups is 1. The van der Waals surface area contributed by atoms with Gasteiger partial charge < -0.3 is 24.1 Å². The summed E-state index contributed by atoms with van der Waals surface area (Å²) in [7, 11) is 0. The maximum absolute atomic E-state index is 10.8. The van der Waals surface area contributed by atoms with Crippen molar-refractivity contribution in [2.24, 2.45) is 5.73 Å². The van der Waals surface area contributed by atoms with Crippen molar-refractivity contribution in [3.63, 3.8) is 0 Å². The molecule has 0 aliphatic rings. The average Bonchev–Trinajstić information content (AvgIpc) is 3.42. The Balaban J connectivity index is 1.43. The van der Waals surface area contributed by atoms with E-state index >= 15 is 0 Å². The van der Waals surface area contributed by atoms with E-state index in [1.807, 2.05) is 19.1 Å². The van der Waals surface area contributed by atoms with Crippen LogP contribution >= 0.6 is 11.6 Å². The number of furan rings is 1. The molecule has 0 unspecified atom stereocenters. The minimum Gasteiger partial charge on any atom is -0.484 e. The van der Waals surface area contributed by atoms with E-state index < -0.39 is 5.91 Å². The van der Waals surface area contributed by atoms with Crippen LogP contribution in [0.25, 0.3) is 23.0 Å². The van der Waals surface area contributed by atoms with E-state index in [1.54, 1.807) is 42.5 Å². The third-order valence-electron chi connectivity index (χ3n) is 4.31. The zero-order valence-corrected chi connectivity index (χ0v) is 17.3. The molecule has 1 amide bonds. The number of carbonyl (C=O) groups excluding carboxylic acids is 1. The molecule has 0 bridgehead atoms. The van der Waals surface area contributed by atoms with Gasteiger partial charge in [0.25, 0.3) is 11.8 Å². The molecule has 2 aromatic heterocycles. The van der Waals surface area contributed by atoms with Gasteiger partial charge in [-0.05, 0) is 55.0 Å². The third kappa shape index (κ3) is 4.87. The summed E-state index contributed by atoms with van der Waals surface area (Å²) in [5, 5.41) is 4.52. The summed E-state index contributed by atoms with van der Waals surface area (Å²) in [6, 6.07) is 15.9. The van der Waals surface area contributed by atoms with E-state index in [4.69, 9.17) is 35.7 Å². The number of nitrogens with two attached hydrogens (primary N) is 1. The summed E-state index contributed by atoms with van der Waals surface area (Å²) in [5.41, 5.74) is 6.71. The standard InChI is InChI=1S/C22H18ClN3O5/c1-13-3-2-4-17(23)20(13)29-11-16-9-10-18(30-16)22-25-21(26-31-22)14-5-7-15(8-6-14)28-12-19(24)27/h2-10H,11-12H2,1H3,(H2,24,27). The van der Waals surface area contributed by atoms with Crippen molar-refractivity contribution in [1.82, 2.24) is 10.1 Å². The van der Waals surface area contributed by atoms with Crippen molar-refractivity contribution < 1.29 is 23.2 Å². The predicted molar refractivity (Wildman–Crippen MR) is 113 cm³/mol. The van der Waals surface area contributed by atoms with Crippen LogP contribution < -0.4 is 15.2 Å². The molecule has 0 radical (unpaired) electrons. The normalized spacial score (nSPS) is 10.8. The van der Waals surface area contributed by atoms with Gasteiger partial charge in [-0.25, -0.2) is 0 Å². The van der Waals surface area contributed by atoms with Gasteiger partial charge in [0.1, 0.15) is 23.9 Å². The maximum atomic E-state index is 10.8. The lowest BCUT2D eigenvalue weighted by atomic mass is 10.2. The molecule has 4 rings (SSSR count). The Labute approximate surface area is 182 Å². The first-order valence-electron chi connectivity index (χ1n) is 9.32. The number of nitrogens with zero attached hydrogens (tertiary/aromatic N) is 2. The number of aryl methyl sites for hydroxylation is 1. The van der Waals surface area contributed by atoms with Gasteiger partial charge >= 0.3 is 0 Å². The minimum atomic E-state index is -0.544. The molecular weight excluding hydrogens is 422 g/mol. The van der Waals surface area contributed by atoms with Gasteiger partial charge in [0.15, 0.2) is 12.4 Å². The van der Waals surface area contributed by atoms with E-state index in [-0.39, 0.29) is 19.1 Å². The molecule has 0 aliphatic carbocycles. The molecule has 0 atom stereocenters. The van der Waals surface area contributed by atoms with Crippen molar-refractivity contribution >= 4 is 17.5 Å². The topological polar surface area (TPSA) is 114 Å². The third-order valence-corrected chi connectivity index (χ3v) is 4.61. The Morgan fingerprint density at radius 2 is 1.90 bits per heavy atom. The van der Waals surface area contributed by atoms with Crippen LogP contribution in [0.2, 0.25) is 5.02 Å². The molecule has 158 valence electrons. The van der Waals surface area contributed by atoms with Crippen LogP contribution in [-0.4, -0.2) is 22.7 Å². The highest BCUT2D eigenvalue weighted by atomic mass is 35.5. The lowest BCUT2D eigenvalue weighted by Crippen LogP contribution is -2.19. The van der Waals surface area contributed by atoms with Crippen LogP contribution in [-0.2, 0) is 11.4 Å². The zero-order chi connectivity index (χ0) is 21.8. The van der Waals surface area contributed by atoms with Gasteiger partial charge in [0.2, 0.25) is 5.82 Å². The molecule has 2 aromatic carbocycles. The van der Waals surface area contributed by atoms with Crippen molar-refractivity contribution in [3.8, 4) is 34.5 Å². The SMILES string of the molecule is Cc1cccc(Cl)c1OCc1ccc(-c2nc(-c3ccc(OCC(N)=O)cc3)no2)o1. The van der Waals surface area contributed by atoms with Gasteiger partial charge in [-0.2, -0.15) is 4.98 Å². The number of para-hydroxylation sites is 1. The Hall–Kier alpha value is -3.78. The average molecular weight is 440 g/mol. The summed E-state index contributed by atoms with van der Waals surface area (Å²) in [6.45, 7) is 1.94. The van der Waals surface area contributed by atoms with Crippen molar-refractivity contribution in [2.75, 3.05) is 6.61 Å². The molecular formula is C22H18ClN3O5. The van der Waals surface area contributed by atoms with Crippen LogP contribution in [0.5, 0.6) is 11.5 Å². The van der Waals surface area contributed by atoms with E-state index in [2.05, 4.69) is 10.1 Å². The Bertz CT molecular complexity index is 1180. The second-order valence-corrected chi connectivity index (χ2v) is 7.05. The number of hydrogen-bond acceptors (Lipinski definition) is 7. The lowest BCUT2D eigenvalue weighted by molar-refractivity contribution is -0.119. The fourth-order valence-electron chi connectivity index (χ4n) is 2.81. The molecule has 4 aromatic rings. The number of halogens is 1. The second kappa shape index (κ2) is 8.93. The van der Waals surface area contributed by atoms with Crippen LogP contribution in [0.3, 0.4) is 0 Å².